The number of ether oxygens (including phenoxy) is 1. The average molecular weight is 491 g/mol. The zero-order chi connectivity index (χ0) is 23.7. The SMILES string of the molecule is COc1cc2c(cc1NC(=O)C(C)Sc1nnc(Nc3ccccc3C)s1)oc1ccccc12. The van der Waals surface area contributed by atoms with Crippen LogP contribution in [0, 0.1) is 6.92 Å². The maximum absolute atomic E-state index is 13.0. The topological polar surface area (TPSA) is 89.3 Å². The third kappa shape index (κ3) is 4.44. The second-order valence-electron chi connectivity index (χ2n) is 7.71. The van der Waals surface area contributed by atoms with E-state index < -0.39 is 5.25 Å². The molecule has 0 aliphatic rings. The lowest BCUT2D eigenvalue weighted by Gasteiger charge is -2.13. The lowest BCUT2D eigenvalue weighted by molar-refractivity contribution is -0.115. The Bertz CT molecular complexity index is 1490. The fourth-order valence-electron chi connectivity index (χ4n) is 3.59. The van der Waals surface area contributed by atoms with Crippen LogP contribution >= 0.6 is 23.1 Å². The van der Waals surface area contributed by atoms with E-state index in [1.54, 1.807) is 13.2 Å². The van der Waals surface area contributed by atoms with E-state index in [1.165, 1.54) is 23.1 Å². The number of benzene rings is 3. The third-order valence-corrected chi connectivity index (χ3v) is 7.42. The molecule has 1 amide bonds. The third-order valence-electron chi connectivity index (χ3n) is 5.40. The molecule has 2 heterocycles. The van der Waals surface area contributed by atoms with E-state index in [1.807, 2.05) is 68.4 Å². The number of nitrogens with one attached hydrogen (secondary N) is 2. The predicted molar refractivity (Wildman–Crippen MR) is 139 cm³/mol. The number of hydrogen-bond acceptors (Lipinski definition) is 8. The number of aryl methyl sites for hydroxylation is 1. The van der Waals surface area contributed by atoms with Gasteiger partial charge in [-0.15, -0.1) is 10.2 Å². The van der Waals surface area contributed by atoms with Crippen molar-refractivity contribution >= 4 is 67.5 Å². The van der Waals surface area contributed by atoms with Crippen molar-refractivity contribution in [3.8, 4) is 5.75 Å². The van der Waals surface area contributed by atoms with Crippen LogP contribution < -0.4 is 15.4 Å². The van der Waals surface area contributed by atoms with Crippen LogP contribution in [-0.4, -0.2) is 28.5 Å². The Morgan fingerprint density at radius 2 is 1.82 bits per heavy atom. The molecule has 1 unspecified atom stereocenters. The fraction of sp³-hybridized carbons (Fsp3) is 0.160. The molecule has 0 bridgehead atoms. The molecule has 0 fully saturated rings. The molecular weight excluding hydrogens is 468 g/mol. The van der Waals surface area contributed by atoms with Crippen LogP contribution in [0.2, 0.25) is 0 Å². The highest BCUT2D eigenvalue weighted by Gasteiger charge is 2.20. The van der Waals surface area contributed by atoms with Crippen molar-refractivity contribution in [3.63, 3.8) is 0 Å². The predicted octanol–water partition coefficient (Wildman–Crippen LogP) is 6.62. The van der Waals surface area contributed by atoms with Gasteiger partial charge in [0.1, 0.15) is 16.9 Å². The molecule has 1 atom stereocenters. The first kappa shape index (κ1) is 22.2. The van der Waals surface area contributed by atoms with E-state index in [-0.39, 0.29) is 5.91 Å². The summed E-state index contributed by atoms with van der Waals surface area (Å²) < 4.78 is 12.2. The Morgan fingerprint density at radius 1 is 1.03 bits per heavy atom. The number of fused-ring (bicyclic) bond motifs is 3. The standard InChI is InChI=1S/C25H22N4O3S2/c1-14-8-4-6-10-18(14)27-24-28-29-25(34-24)33-15(2)23(30)26-19-13-21-17(12-22(19)31-3)16-9-5-7-11-20(16)32-21/h4-13,15H,1-3H3,(H,26,30)(H,27,28). The number of methoxy groups -OCH3 is 1. The van der Waals surface area contributed by atoms with Gasteiger partial charge in [0, 0.05) is 22.5 Å². The summed E-state index contributed by atoms with van der Waals surface area (Å²) in [5.74, 6) is 0.410. The van der Waals surface area contributed by atoms with Crippen LogP contribution in [0.3, 0.4) is 0 Å². The second-order valence-corrected chi connectivity index (χ2v) is 10.3. The van der Waals surface area contributed by atoms with E-state index in [2.05, 4.69) is 20.8 Å². The van der Waals surface area contributed by atoms with Gasteiger partial charge in [0.25, 0.3) is 0 Å². The van der Waals surface area contributed by atoms with Crippen molar-refractivity contribution < 1.29 is 13.9 Å². The molecule has 5 rings (SSSR count). The number of thioether (sulfide) groups is 1. The summed E-state index contributed by atoms with van der Waals surface area (Å²) in [5, 5.41) is 16.9. The molecular formula is C25H22N4O3S2. The van der Waals surface area contributed by atoms with Gasteiger partial charge < -0.3 is 19.8 Å². The fourth-order valence-corrected chi connectivity index (χ4v) is 5.50. The van der Waals surface area contributed by atoms with E-state index in [9.17, 15) is 4.79 Å². The number of aromatic nitrogens is 2. The Morgan fingerprint density at radius 3 is 2.65 bits per heavy atom. The number of carbonyl (C=O) groups is 1. The van der Waals surface area contributed by atoms with Gasteiger partial charge in [0.05, 0.1) is 18.0 Å². The molecule has 172 valence electrons. The van der Waals surface area contributed by atoms with Gasteiger partial charge in [-0.05, 0) is 37.6 Å². The molecule has 7 nitrogen and oxygen atoms in total. The van der Waals surface area contributed by atoms with E-state index in [4.69, 9.17) is 9.15 Å². The number of carbonyl (C=O) groups excluding carboxylic acids is 1. The smallest absolute Gasteiger partial charge is 0.237 e. The Balaban J connectivity index is 1.30. The minimum atomic E-state index is -0.393. The monoisotopic (exact) mass is 490 g/mol. The molecule has 9 heteroatoms. The average Bonchev–Trinajstić information content (AvgIpc) is 3.43. The first-order chi connectivity index (χ1) is 16.5. The van der Waals surface area contributed by atoms with Gasteiger partial charge in [-0.1, -0.05) is 59.5 Å². The Labute approximate surface area is 204 Å². The molecule has 0 aliphatic carbocycles. The lowest BCUT2D eigenvalue weighted by Crippen LogP contribution is -2.22. The van der Waals surface area contributed by atoms with Crippen molar-refractivity contribution in [1.82, 2.24) is 10.2 Å². The van der Waals surface area contributed by atoms with Gasteiger partial charge in [-0.2, -0.15) is 0 Å². The summed E-state index contributed by atoms with van der Waals surface area (Å²) in [5.41, 5.74) is 4.14. The summed E-state index contributed by atoms with van der Waals surface area (Å²) >= 11 is 2.77. The van der Waals surface area contributed by atoms with Crippen LogP contribution in [0.25, 0.3) is 21.9 Å². The molecule has 2 aromatic heterocycles. The first-order valence-corrected chi connectivity index (χ1v) is 12.3. The molecule has 3 aromatic carbocycles. The molecule has 5 aromatic rings. The molecule has 2 N–H and O–H groups in total. The molecule has 0 spiro atoms. The summed E-state index contributed by atoms with van der Waals surface area (Å²) in [4.78, 5) is 13.0. The summed E-state index contributed by atoms with van der Waals surface area (Å²) in [6.07, 6.45) is 0. The van der Waals surface area contributed by atoms with Crippen molar-refractivity contribution in [2.75, 3.05) is 17.7 Å². The first-order valence-electron chi connectivity index (χ1n) is 10.6. The second kappa shape index (κ2) is 9.36. The summed E-state index contributed by atoms with van der Waals surface area (Å²) in [7, 11) is 1.58. The minimum absolute atomic E-state index is 0.164. The van der Waals surface area contributed by atoms with Crippen LogP contribution in [0.5, 0.6) is 5.75 Å². The minimum Gasteiger partial charge on any atom is -0.495 e. The van der Waals surface area contributed by atoms with Gasteiger partial charge in [0.2, 0.25) is 11.0 Å². The van der Waals surface area contributed by atoms with Gasteiger partial charge >= 0.3 is 0 Å². The van der Waals surface area contributed by atoms with Crippen molar-refractivity contribution in [2.45, 2.75) is 23.4 Å². The summed E-state index contributed by atoms with van der Waals surface area (Å²) in [6, 6.07) is 19.5. The molecule has 34 heavy (non-hydrogen) atoms. The normalized spacial score (nSPS) is 12.1. The number of anilines is 3. The number of furan rings is 1. The van der Waals surface area contributed by atoms with Crippen LogP contribution in [0.4, 0.5) is 16.5 Å². The molecule has 0 saturated heterocycles. The molecule has 0 saturated carbocycles. The van der Waals surface area contributed by atoms with Crippen LogP contribution in [0.15, 0.2) is 69.4 Å². The van der Waals surface area contributed by atoms with E-state index in [0.717, 1.165) is 27.6 Å². The number of amides is 1. The van der Waals surface area contributed by atoms with Crippen molar-refractivity contribution in [2.24, 2.45) is 0 Å². The number of nitrogens with zero attached hydrogens (tertiary/aromatic N) is 2. The maximum Gasteiger partial charge on any atom is 0.237 e. The van der Waals surface area contributed by atoms with Crippen molar-refractivity contribution in [3.05, 3.63) is 66.2 Å². The Hall–Kier alpha value is -3.56. The van der Waals surface area contributed by atoms with E-state index in [0.29, 0.717) is 26.5 Å². The zero-order valence-electron chi connectivity index (χ0n) is 18.8. The van der Waals surface area contributed by atoms with E-state index >= 15 is 0 Å². The van der Waals surface area contributed by atoms with Crippen molar-refractivity contribution in [1.29, 1.82) is 0 Å². The highest BCUT2D eigenvalue weighted by Crippen LogP contribution is 2.37. The lowest BCUT2D eigenvalue weighted by atomic mass is 10.1. The quantitative estimate of drug-likeness (QED) is 0.248. The molecule has 0 radical (unpaired) electrons. The van der Waals surface area contributed by atoms with Crippen LogP contribution in [0.1, 0.15) is 12.5 Å². The zero-order valence-corrected chi connectivity index (χ0v) is 20.4. The number of rotatable bonds is 7. The Kier molecular flexibility index (Phi) is 6.12. The molecule has 0 aliphatic heterocycles. The van der Waals surface area contributed by atoms with Gasteiger partial charge in [-0.3, -0.25) is 4.79 Å². The number of para-hydroxylation sites is 2. The van der Waals surface area contributed by atoms with Gasteiger partial charge in [0.15, 0.2) is 4.34 Å². The highest BCUT2D eigenvalue weighted by atomic mass is 32.2. The maximum atomic E-state index is 13.0. The largest absolute Gasteiger partial charge is 0.495 e. The van der Waals surface area contributed by atoms with Gasteiger partial charge in [-0.25, -0.2) is 0 Å². The van der Waals surface area contributed by atoms with Crippen LogP contribution in [-0.2, 0) is 4.79 Å². The summed E-state index contributed by atoms with van der Waals surface area (Å²) in [6.45, 7) is 3.87. The number of hydrogen-bond donors (Lipinski definition) is 2. The highest BCUT2D eigenvalue weighted by molar-refractivity contribution is 8.02.